The lowest BCUT2D eigenvalue weighted by atomic mass is 9.87. The molecule has 1 heterocycles. The summed E-state index contributed by atoms with van der Waals surface area (Å²) in [5.41, 5.74) is 6.53. The highest BCUT2D eigenvalue weighted by Gasteiger charge is 2.30. The number of Topliss-reactive ketones (excluding diaryl/α,β-unsaturated/α-hetero) is 1. The minimum absolute atomic E-state index is 0.171. The predicted molar refractivity (Wildman–Crippen MR) is 126 cm³/mol. The lowest BCUT2D eigenvalue weighted by Crippen LogP contribution is -2.29. The van der Waals surface area contributed by atoms with Crippen LogP contribution in [0.2, 0.25) is 0 Å². The molecule has 3 atom stereocenters. The van der Waals surface area contributed by atoms with Crippen molar-refractivity contribution in [2.75, 3.05) is 6.61 Å². The molecule has 1 aromatic heterocycles. The van der Waals surface area contributed by atoms with E-state index in [0.717, 1.165) is 32.1 Å². The highest BCUT2D eigenvalue weighted by atomic mass is 127. The summed E-state index contributed by atoms with van der Waals surface area (Å²) < 4.78 is 11.0. The molecule has 32 heavy (non-hydrogen) atoms. The summed E-state index contributed by atoms with van der Waals surface area (Å²) in [5, 5.41) is 9.21. The molecule has 1 aromatic rings. The molecule has 2 aliphatic rings. The Hall–Kier alpha value is -2.17. The lowest BCUT2D eigenvalue weighted by Gasteiger charge is -2.27. The van der Waals surface area contributed by atoms with Gasteiger partial charge in [0.2, 0.25) is 5.78 Å². The van der Waals surface area contributed by atoms with Gasteiger partial charge in [-0.1, -0.05) is 35.4 Å². The van der Waals surface area contributed by atoms with Gasteiger partial charge in [0.15, 0.2) is 0 Å². The number of alkyl halides is 1. The lowest BCUT2D eigenvalue weighted by molar-refractivity contribution is -0.144. The Kier molecular flexibility index (Phi) is 8.50. The summed E-state index contributed by atoms with van der Waals surface area (Å²) in [6.07, 6.45) is 7.08. The summed E-state index contributed by atoms with van der Waals surface area (Å²) in [6, 6.07) is 3.17. The fourth-order valence-corrected chi connectivity index (χ4v) is 4.64. The molecule has 3 rings (SSSR count). The molecule has 0 amide bonds. The van der Waals surface area contributed by atoms with Crippen molar-refractivity contribution in [3.63, 3.8) is 0 Å². The number of rotatable bonds is 10. The van der Waals surface area contributed by atoms with Gasteiger partial charge in [-0.15, -0.1) is 0 Å². The van der Waals surface area contributed by atoms with Gasteiger partial charge in [0.05, 0.1) is 23.8 Å². The molecular formula is C23H29IN2O6. The van der Waals surface area contributed by atoms with Gasteiger partial charge < -0.3 is 20.3 Å². The first kappa shape index (κ1) is 24.5. The van der Waals surface area contributed by atoms with Crippen molar-refractivity contribution in [3.05, 3.63) is 35.3 Å². The van der Waals surface area contributed by atoms with Crippen LogP contribution in [0.1, 0.15) is 62.4 Å². The number of allylic oxidation sites excluding steroid dienone is 1. The molecule has 1 unspecified atom stereocenters. The molecule has 0 spiro atoms. The van der Waals surface area contributed by atoms with E-state index in [9.17, 15) is 19.5 Å². The van der Waals surface area contributed by atoms with Crippen molar-refractivity contribution in [1.29, 1.82) is 0 Å². The smallest absolute Gasteiger partial charge is 0.319 e. The number of ether oxygens (including phenoxy) is 2. The van der Waals surface area contributed by atoms with Crippen LogP contribution in [0.15, 0.2) is 29.6 Å². The zero-order chi connectivity index (χ0) is 23.3. The number of carbonyl (C=O) groups is 3. The second kappa shape index (κ2) is 11.1. The summed E-state index contributed by atoms with van der Waals surface area (Å²) in [4.78, 5) is 40.5. The van der Waals surface area contributed by atoms with E-state index >= 15 is 0 Å². The number of carboxylic acids is 1. The third-order valence-electron chi connectivity index (χ3n) is 5.85. The maximum atomic E-state index is 12.9. The van der Waals surface area contributed by atoms with Gasteiger partial charge in [0.1, 0.15) is 22.0 Å². The van der Waals surface area contributed by atoms with Gasteiger partial charge >= 0.3 is 11.9 Å². The van der Waals surface area contributed by atoms with Crippen LogP contribution < -0.4 is 10.5 Å². The van der Waals surface area contributed by atoms with Crippen LogP contribution >= 0.6 is 22.6 Å². The highest BCUT2D eigenvalue weighted by molar-refractivity contribution is 14.1. The Bertz CT molecular complexity index is 877. The summed E-state index contributed by atoms with van der Waals surface area (Å²) in [6.45, 7) is 1.40. The molecule has 2 aliphatic carbocycles. The number of ketones is 1. The number of aliphatic carboxylic acids is 1. The highest BCUT2D eigenvalue weighted by Crippen LogP contribution is 2.35. The number of esters is 1. The standard InChI is InChI=1S/C23H29IN2O6/c1-13(25)18(12-31-23(30)19(24)9-14-5-6-14)21(27)20-8-7-17(11-26-20)32-16-4-2-3-15(10-16)22(28)29/h7-8,11,14-16,19H,2-6,9-10,12,25H2,1H3,(H,28,29)/t15-,16-,19?/m0/s1. The topological polar surface area (TPSA) is 129 Å². The van der Waals surface area contributed by atoms with Crippen LogP contribution in [0, 0.1) is 11.8 Å². The van der Waals surface area contributed by atoms with Crippen LogP contribution in [0.25, 0.3) is 0 Å². The third-order valence-corrected chi connectivity index (χ3v) is 6.87. The molecule has 2 fully saturated rings. The molecular weight excluding hydrogens is 527 g/mol. The number of hydrogen-bond donors (Lipinski definition) is 2. The number of carboxylic acid groups (broad SMARTS) is 1. The zero-order valence-electron chi connectivity index (χ0n) is 18.1. The SMILES string of the molecule is CC(N)=C(COC(=O)C(I)CC1CC1)C(=O)c1ccc(O[C@H]2CCC[C@H](C(=O)O)C2)cn1. The van der Waals surface area contributed by atoms with Gasteiger partial charge in [0.25, 0.3) is 0 Å². The van der Waals surface area contributed by atoms with Crippen molar-refractivity contribution < 1.29 is 29.0 Å². The van der Waals surface area contributed by atoms with Gasteiger partial charge in [-0.25, -0.2) is 4.98 Å². The number of halogens is 1. The quantitative estimate of drug-likeness (QED) is 0.147. The van der Waals surface area contributed by atoms with Crippen molar-refractivity contribution >= 4 is 40.3 Å². The minimum atomic E-state index is -0.795. The van der Waals surface area contributed by atoms with Crippen molar-refractivity contribution in [1.82, 2.24) is 4.98 Å². The van der Waals surface area contributed by atoms with Crippen molar-refractivity contribution in [2.45, 2.75) is 61.9 Å². The van der Waals surface area contributed by atoms with Crippen LogP contribution in [-0.2, 0) is 14.3 Å². The van der Waals surface area contributed by atoms with E-state index in [0.29, 0.717) is 24.5 Å². The molecule has 9 heteroatoms. The number of pyridine rings is 1. The normalized spacial score (nSPS) is 22.4. The second-order valence-electron chi connectivity index (χ2n) is 8.57. The predicted octanol–water partition coefficient (Wildman–Crippen LogP) is 3.67. The first-order valence-corrected chi connectivity index (χ1v) is 12.1. The van der Waals surface area contributed by atoms with E-state index in [-0.39, 0.29) is 39.6 Å². The molecule has 0 aliphatic heterocycles. The first-order valence-electron chi connectivity index (χ1n) is 10.9. The van der Waals surface area contributed by atoms with E-state index < -0.39 is 17.7 Å². The van der Waals surface area contributed by atoms with Crippen LogP contribution in [0.3, 0.4) is 0 Å². The Morgan fingerprint density at radius 1 is 1.25 bits per heavy atom. The fourth-order valence-electron chi connectivity index (χ4n) is 3.74. The van der Waals surface area contributed by atoms with Crippen LogP contribution in [0.5, 0.6) is 5.75 Å². The average molecular weight is 556 g/mol. The molecule has 0 radical (unpaired) electrons. The van der Waals surface area contributed by atoms with Crippen LogP contribution in [0.4, 0.5) is 0 Å². The third kappa shape index (κ3) is 6.91. The molecule has 3 N–H and O–H groups in total. The van der Waals surface area contributed by atoms with Gasteiger partial charge in [-0.3, -0.25) is 14.4 Å². The molecule has 8 nitrogen and oxygen atoms in total. The number of aromatic nitrogens is 1. The summed E-state index contributed by atoms with van der Waals surface area (Å²) in [5.74, 6) is -0.848. The Labute approximate surface area is 201 Å². The Morgan fingerprint density at radius 3 is 2.59 bits per heavy atom. The largest absolute Gasteiger partial charge is 0.489 e. The average Bonchev–Trinajstić information content (AvgIpc) is 3.58. The molecule has 174 valence electrons. The molecule has 0 aromatic carbocycles. The summed E-state index contributed by atoms with van der Waals surface area (Å²) in [7, 11) is 0. The van der Waals surface area contributed by atoms with Crippen molar-refractivity contribution in [2.24, 2.45) is 17.6 Å². The maximum Gasteiger partial charge on any atom is 0.319 e. The molecule has 2 saturated carbocycles. The number of nitrogens with two attached hydrogens (primary N) is 1. The van der Waals surface area contributed by atoms with E-state index in [4.69, 9.17) is 15.2 Å². The van der Waals surface area contributed by atoms with Crippen molar-refractivity contribution in [3.8, 4) is 5.75 Å². The van der Waals surface area contributed by atoms with Gasteiger partial charge in [0, 0.05) is 5.70 Å². The fraction of sp³-hybridized carbons (Fsp3) is 0.565. The summed E-state index contributed by atoms with van der Waals surface area (Å²) >= 11 is 2.08. The second-order valence-corrected chi connectivity index (χ2v) is 10.1. The molecule has 0 saturated heterocycles. The number of hydrogen-bond acceptors (Lipinski definition) is 7. The maximum absolute atomic E-state index is 12.9. The number of nitrogens with zero attached hydrogens (tertiary/aromatic N) is 1. The van der Waals surface area contributed by atoms with Gasteiger partial charge in [-0.2, -0.15) is 0 Å². The Morgan fingerprint density at radius 2 is 2.00 bits per heavy atom. The Balaban J connectivity index is 1.57. The zero-order valence-corrected chi connectivity index (χ0v) is 20.2. The monoisotopic (exact) mass is 556 g/mol. The minimum Gasteiger partial charge on any atom is -0.489 e. The van der Waals surface area contributed by atoms with E-state index in [2.05, 4.69) is 27.6 Å². The molecule has 0 bridgehead atoms. The first-order chi connectivity index (χ1) is 15.2. The van der Waals surface area contributed by atoms with E-state index in [1.165, 1.54) is 12.3 Å². The van der Waals surface area contributed by atoms with E-state index in [1.54, 1.807) is 13.0 Å². The van der Waals surface area contributed by atoms with Crippen LogP contribution in [-0.4, -0.2) is 44.4 Å². The van der Waals surface area contributed by atoms with E-state index in [1.807, 2.05) is 0 Å². The number of carbonyl (C=O) groups excluding carboxylic acids is 2. The van der Waals surface area contributed by atoms with Gasteiger partial charge in [-0.05, 0) is 57.1 Å².